The van der Waals surface area contributed by atoms with Crippen LogP contribution in [-0.2, 0) is 0 Å². The summed E-state index contributed by atoms with van der Waals surface area (Å²) in [5, 5.41) is 3.71. The van der Waals surface area contributed by atoms with Crippen molar-refractivity contribution in [2.24, 2.45) is 5.92 Å². The Kier molecular flexibility index (Phi) is 3.48. The molecule has 2 aromatic carbocycles. The number of rotatable bonds is 2. The molecule has 1 aliphatic carbocycles. The maximum absolute atomic E-state index is 13.2. The predicted molar refractivity (Wildman–Crippen MR) is 93.3 cm³/mol. The van der Waals surface area contributed by atoms with Crippen molar-refractivity contribution in [3.63, 3.8) is 0 Å². The number of fused-ring (bicyclic) bond motifs is 3. The Bertz CT molecular complexity index is 745. The molecule has 0 unspecified atom stereocenters. The first-order valence-electron chi connectivity index (χ1n) is 8.46. The molecule has 0 radical (unpaired) electrons. The normalized spacial score (nSPS) is 25.1. The number of anilines is 1. The van der Waals surface area contributed by atoms with Crippen LogP contribution in [0.2, 0.25) is 0 Å². The number of allylic oxidation sites excluding steroid dienone is 2. The van der Waals surface area contributed by atoms with Gasteiger partial charge in [0.2, 0.25) is 0 Å². The van der Waals surface area contributed by atoms with E-state index in [0.29, 0.717) is 17.8 Å². The van der Waals surface area contributed by atoms with Gasteiger partial charge in [-0.3, -0.25) is 0 Å². The predicted octanol–water partition coefficient (Wildman–Crippen LogP) is 5.78. The molecule has 0 spiro atoms. The molecule has 2 aromatic rings. The fraction of sp³-hybridized carbons (Fsp3) is 0.333. The lowest BCUT2D eigenvalue weighted by atomic mass is 9.76. The molecule has 1 heterocycles. The average Bonchev–Trinajstić information content (AvgIpc) is 3.04. The van der Waals surface area contributed by atoms with Crippen molar-refractivity contribution in [1.82, 2.24) is 0 Å². The molecular formula is C21H22FN. The number of hydrogen-bond donors (Lipinski definition) is 1. The van der Waals surface area contributed by atoms with Gasteiger partial charge in [0.05, 0.1) is 6.04 Å². The Hall–Kier alpha value is -2.09. The first-order chi connectivity index (χ1) is 11.1. The van der Waals surface area contributed by atoms with Crippen LogP contribution >= 0.6 is 0 Å². The molecule has 2 heteroatoms. The highest BCUT2D eigenvalue weighted by atomic mass is 19.1. The van der Waals surface area contributed by atoms with Gasteiger partial charge in [-0.05, 0) is 53.1 Å². The van der Waals surface area contributed by atoms with E-state index in [1.165, 1.54) is 22.4 Å². The summed E-state index contributed by atoms with van der Waals surface area (Å²) in [5.41, 5.74) is 5.19. The van der Waals surface area contributed by atoms with E-state index in [2.05, 4.69) is 49.5 Å². The van der Waals surface area contributed by atoms with Crippen LogP contribution in [0.25, 0.3) is 0 Å². The summed E-state index contributed by atoms with van der Waals surface area (Å²) in [7, 11) is 0. The molecule has 1 aliphatic heterocycles. The van der Waals surface area contributed by atoms with Gasteiger partial charge in [0, 0.05) is 11.6 Å². The topological polar surface area (TPSA) is 12.0 Å². The molecule has 4 rings (SSSR count). The minimum Gasteiger partial charge on any atom is -0.378 e. The highest BCUT2D eigenvalue weighted by molar-refractivity contribution is 5.61. The summed E-state index contributed by atoms with van der Waals surface area (Å²) in [6.45, 7) is 4.47. The molecule has 2 aliphatic rings. The molecule has 0 bridgehead atoms. The summed E-state index contributed by atoms with van der Waals surface area (Å²) < 4.78 is 13.2. The van der Waals surface area contributed by atoms with Crippen LogP contribution in [0.1, 0.15) is 54.8 Å². The third-order valence-corrected chi connectivity index (χ3v) is 5.28. The van der Waals surface area contributed by atoms with Crippen LogP contribution in [0, 0.1) is 11.7 Å². The van der Waals surface area contributed by atoms with Crippen LogP contribution < -0.4 is 5.32 Å². The van der Waals surface area contributed by atoms with E-state index in [-0.39, 0.29) is 11.9 Å². The van der Waals surface area contributed by atoms with Gasteiger partial charge >= 0.3 is 0 Å². The quantitative estimate of drug-likeness (QED) is 0.694. The molecule has 0 saturated carbocycles. The average molecular weight is 307 g/mol. The number of nitrogens with one attached hydrogen (secondary N) is 1. The zero-order valence-corrected chi connectivity index (χ0v) is 13.6. The van der Waals surface area contributed by atoms with Crippen molar-refractivity contribution < 1.29 is 4.39 Å². The van der Waals surface area contributed by atoms with E-state index in [4.69, 9.17) is 0 Å². The lowest BCUT2D eigenvalue weighted by molar-refractivity contribution is 0.425. The monoisotopic (exact) mass is 307 g/mol. The molecule has 0 aromatic heterocycles. The zero-order chi connectivity index (χ0) is 16.0. The summed E-state index contributed by atoms with van der Waals surface area (Å²) in [6, 6.07) is 14.0. The lowest BCUT2D eigenvalue weighted by Gasteiger charge is -2.38. The van der Waals surface area contributed by atoms with Gasteiger partial charge in [0.15, 0.2) is 0 Å². The fourth-order valence-corrected chi connectivity index (χ4v) is 3.97. The second kappa shape index (κ2) is 5.52. The Morgan fingerprint density at radius 1 is 1.09 bits per heavy atom. The van der Waals surface area contributed by atoms with Crippen LogP contribution in [0.5, 0.6) is 0 Å². The Morgan fingerprint density at radius 3 is 2.61 bits per heavy atom. The van der Waals surface area contributed by atoms with Gasteiger partial charge in [-0.2, -0.15) is 0 Å². The first-order valence-corrected chi connectivity index (χ1v) is 8.46. The third kappa shape index (κ3) is 2.46. The minimum absolute atomic E-state index is 0.173. The van der Waals surface area contributed by atoms with E-state index >= 15 is 0 Å². The molecule has 0 saturated heterocycles. The largest absolute Gasteiger partial charge is 0.378 e. The van der Waals surface area contributed by atoms with Crippen LogP contribution in [-0.4, -0.2) is 0 Å². The lowest BCUT2D eigenvalue weighted by Crippen LogP contribution is -2.29. The smallest absolute Gasteiger partial charge is 0.123 e. The summed E-state index contributed by atoms with van der Waals surface area (Å²) >= 11 is 0. The number of halogens is 1. The second-order valence-corrected chi connectivity index (χ2v) is 7.03. The summed E-state index contributed by atoms with van der Waals surface area (Å²) in [6.07, 6.45) is 5.72. The third-order valence-electron chi connectivity index (χ3n) is 5.28. The van der Waals surface area contributed by atoms with E-state index in [1.54, 1.807) is 12.1 Å². The van der Waals surface area contributed by atoms with E-state index in [1.807, 2.05) is 12.1 Å². The van der Waals surface area contributed by atoms with Gasteiger partial charge in [0.1, 0.15) is 5.82 Å². The van der Waals surface area contributed by atoms with E-state index < -0.39 is 0 Å². The van der Waals surface area contributed by atoms with Crippen LogP contribution in [0.3, 0.4) is 0 Å². The number of benzene rings is 2. The molecule has 118 valence electrons. The Labute approximate surface area is 137 Å². The van der Waals surface area contributed by atoms with Gasteiger partial charge in [0.25, 0.3) is 0 Å². The molecule has 0 amide bonds. The van der Waals surface area contributed by atoms with E-state index in [0.717, 1.165) is 6.42 Å². The van der Waals surface area contributed by atoms with Gasteiger partial charge < -0.3 is 5.32 Å². The minimum atomic E-state index is -0.173. The molecule has 3 atom stereocenters. The van der Waals surface area contributed by atoms with Crippen LogP contribution in [0.4, 0.5) is 10.1 Å². The SMILES string of the molecule is CC(C)c1ccc2c(c1)[C@H]1C=CC[C@H]1[C@@H](c1ccc(F)cc1)N2. The first kappa shape index (κ1) is 14.5. The van der Waals surface area contributed by atoms with E-state index in [9.17, 15) is 4.39 Å². The summed E-state index contributed by atoms with van der Waals surface area (Å²) in [4.78, 5) is 0. The van der Waals surface area contributed by atoms with Crippen LogP contribution in [0.15, 0.2) is 54.6 Å². The summed E-state index contributed by atoms with van der Waals surface area (Å²) in [5.74, 6) is 1.34. The maximum Gasteiger partial charge on any atom is 0.123 e. The second-order valence-electron chi connectivity index (χ2n) is 7.03. The molecular weight excluding hydrogens is 285 g/mol. The molecule has 0 fully saturated rings. The maximum atomic E-state index is 13.2. The van der Waals surface area contributed by atoms with Crippen molar-refractivity contribution in [2.45, 2.75) is 38.1 Å². The highest BCUT2D eigenvalue weighted by Gasteiger charge is 2.37. The Morgan fingerprint density at radius 2 is 1.87 bits per heavy atom. The zero-order valence-electron chi connectivity index (χ0n) is 13.6. The fourth-order valence-electron chi connectivity index (χ4n) is 3.97. The van der Waals surface area contributed by atoms with Crippen molar-refractivity contribution in [1.29, 1.82) is 0 Å². The van der Waals surface area contributed by atoms with Gasteiger partial charge in [-0.15, -0.1) is 0 Å². The van der Waals surface area contributed by atoms with Crippen molar-refractivity contribution in [3.05, 3.63) is 77.1 Å². The van der Waals surface area contributed by atoms with Gasteiger partial charge in [-0.1, -0.05) is 50.3 Å². The van der Waals surface area contributed by atoms with Crippen molar-refractivity contribution in [3.8, 4) is 0 Å². The molecule has 1 nitrogen and oxygen atoms in total. The number of hydrogen-bond acceptors (Lipinski definition) is 1. The standard InChI is InChI=1S/C21H22FN/c1-13(2)15-8-11-20-19(12-15)17-4-3-5-18(17)21(23-20)14-6-9-16(22)10-7-14/h3-4,6-13,17-18,21,23H,5H2,1-2H3/t17-,18+,21+/m0/s1. The highest BCUT2D eigenvalue weighted by Crippen LogP contribution is 2.50. The van der Waals surface area contributed by atoms with Crippen molar-refractivity contribution in [2.75, 3.05) is 5.32 Å². The van der Waals surface area contributed by atoms with Gasteiger partial charge in [-0.25, -0.2) is 4.39 Å². The molecule has 1 N–H and O–H groups in total. The molecule has 23 heavy (non-hydrogen) atoms. The Balaban J connectivity index is 1.75. The van der Waals surface area contributed by atoms with Crippen molar-refractivity contribution >= 4 is 5.69 Å².